The van der Waals surface area contributed by atoms with Crippen LogP contribution in [0.5, 0.6) is 0 Å². The molecule has 0 bridgehead atoms. The van der Waals surface area contributed by atoms with Crippen molar-refractivity contribution >= 4 is 32.8 Å². The third kappa shape index (κ3) is 5.18. The van der Waals surface area contributed by atoms with Crippen LogP contribution in [-0.2, 0) is 14.6 Å². The van der Waals surface area contributed by atoms with Gasteiger partial charge in [-0.2, -0.15) is 5.26 Å². The smallest absolute Gasteiger partial charge is 0.225 e. The zero-order chi connectivity index (χ0) is 27.2. The topological polar surface area (TPSA) is 116 Å². The zero-order valence-electron chi connectivity index (χ0n) is 21.8. The lowest BCUT2D eigenvalue weighted by Crippen LogP contribution is -2.54. The molecule has 8 nitrogen and oxygen atoms in total. The van der Waals surface area contributed by atoms with E-state index in [1.165, 1.54) is 6.26 Å². The standard InChI is InChI=1S/C29H31N5O3S2/c1-39(36,37)22-16-34(17-22)21-10-8-19(9-11-21)26-25(32-28(38-26)20-5-4-14-31-15-20)23-6-2-3-7-24(23)27(35)33-29(18-30)12-13-29/h4-5,8-11,14-15,22-24H,2-3,6-7,12-13,16-17H2,1H3,(H,33,35)/t23-,24-/m1/s1. The number of rotatable bonds is 7. The number of hydrogen-bond acceptors (Lipinski definition) is 8. The van der Waals surface area contributed by atoms with Crippen molar-refractivity contribution in [3.63, 3.8) is 0 Å². The number of thiazole rings is 1. The van der Waals surface area contributed by atoms with Gasteiger partial charge in [0, 0.05) is 54.8 Å². The van der Waals surface area contributed by atoms with E-state index in [1.54, 1.807) is 17.5 Å². The number of aromatic nitrogens is 2. The third-order valence-corrected chi connectivity index (χ3v) is 11.0. The fourth-order valence-electron chi connectivity index (χ4n) is 5.64. The van der Waals surface area contributed by atoms with Crippen LogP contribution in [0.3, 0.4) is 0 Å². The van der Waals surface area contributed by atoms with Gasteiger partial charge in [0.1, 0.15) is 10.5 Å². The summed E-state index contributed by atoms with van der Waals surface area (Å²) in [6.07, 6.45) is 9.97. The molecule has 2 atom stereocenters. The molecule has 3 aliphatic rings. The molecule has 1 aromatic carbocycles. The molecule has 3 heterocycles. The van der Waals surface area contributed by atoms with Crippen LogP contribution in [0.4, 0.5) is 5.69 Å². The maximum absolute atomic E-state index is 13.4. The average molecular weight is 562 g/mol. The lowest BCUT2D eigenvalue weighted by atomic mass is 9.76. The van der Waals surface area contributed by atoms with Gasteiger partial charge in [-0.25, -0.2) is 13.4 Å². The number of anilines is 1. The quantitative estimate of drug-likeness (QED) is 0.450. The van der Waals surface area contributed by atoms with Gasteiger partial charge in [-0.3, -0.25) is 9.78 Å². The predicted molar refractivity (Wildman–Crippen MR) is 152 cm³/mol. The Morgan fingerprint density at radius 2 is 1.87 bits per heavy atom. The fraction of sp³-hybridized carbons (Fsp3) is 0.448. The molecule has 1 amide bonds. The van der Waals surface area contributed by atoms with Crippen LogP contribution in [-0.4, -0.2) is 54.4 Å². The number of nitriles is 1. The summed E-state index contributed by atoms with van der Waals surface area (Å²) in [7, 11) is -3.03. The zero-order valence-corrected chi connectivity index (χ0v) is 23.5. The number of nitrogens with zero attached hydrogens (tertiary/aromatic N) is 4. The van der Waals surface area contributed by atoms with Gasteiger partial charge < -0.3 is 10.2 Å². The highest BCUT2D eigenvalue weighted by molar-refractivity contribution is 7.91. The Kier molecular flexibility index (Phi) is 6.68. The largest absolute Gasteiger partial charge is 0.369 e. The third-order valence-electron chi connectivity index (χ3n) is 8.29. The number of hydrogen-bond donors (Lipinski definition) is 1. The highest BCUT2D eigenvalue weighted by Gasteiger charge is 2.47. The SMILES string of the molecule is CS(=O)(=O)C1CN(c2ccc(-c3sc(-c4cccnc4)nc3[C@@H]3CCCC[C@H]3C(=O)NC3(C#N)CC3)cc2)C1. The number of benzene rings is 1. The number of amides is 1. The van der Waals surface area contributed by atoms with E-state index >= 15 is 0 Å². The molecule has 2 saturated carbocycles. The van der Waals surface area contributed by atoms with Crippen molar-refractivity contribution in [1.29, 1.82) is 5.26 Å². The fourth-order valence-corrected chi connectivity index (χ4v) is 7.67. The van der Waals surface area contributed by atoms with Gasteiger partial charge in [0.05, 0.1) is 21.9 Å². The van der Waals surface area contributed by atoms with Crippen LogP contribution < -0.4 is 10.2 Å². The molecule has 0 unspecified atom stereocenters. The van der Waals surface area contributed by atoms with E-state index in [0.29, 0.717) is 25.9 Å². The van der Waals surface area contributed by atoms with Crippen molar-refractivity contribution in [2.24, 2.45) is 5.92 Å². The maximum Gasteiger partial charge on any atom is 0.225 e. The first kappa shape index (κ1) is 26.0. The van der Waals surface area contributed by atoms with E-state index in [4.69, 9.17) is 4.98 Å². The van der Waals surface area contributed by atoms with Crippen LogP contribution in [0.1, 0.15) is 50.1 Å². The van der Waals surface area contributed by atoms with E-state index in [0.717, 1.165) is 58.1 Å². The van der Waals surface area contributed by atoms with Crippen molar-refractivity contribution in [3.8, 4) is 27.1 Å². The second-order valence-electron chi connectivity index (χ2n) is 11.1. The summed E-state index contributed by atoms with van der Waals surface area (Å²) in [5, 5.41) is 13.1. The molecule has 3 aromatic rings. The Morgan fingerprint density at radius 3 is 2.51 bits per heavy atom. The van der Waals surface area contributed by atoms with Gasteiger partial charge >= 0.3 is 0 Å². The van der Waals surface area contributed by atoms with Gasteiger partial charge in [-0.15, -0.1) is 11.3 Å². The van der Waals surface area contributed by atoms with Gasteiger partial charge in [-0.05, 0) is 55.5 Å². The predicted octanol–water partition coefficient (Wildman–Crippen LogP) is 4.55. The highest BCUT2D eigenvalue weighted by Crippen LogP contribution is 2.46. The first-order valence-corrected chi connectivity index (χ1v) is 16.2. The minimum Gasteiger partial charge on any atom is -0.369 e. The number of sulfone groups is 1. The molecule has 1 saturated heterocycles. The van der Waals surface area contributed by atoms with Crippen LogP contribution in [0, 0.1) is 17.2 Å². The van der Waals surface area contributed by atoms with E-state index < -0.39 is 15.4 Å². The normalized spacial score (nSPS) is 22.5. The molecule has 1 aliphatic heterocycles. The van der Waals surface area contributed by atoms with Gasteiger partial charge in [0.15, 0.2) is 9.84 Å². The number of pyridine rings is 1. The number of nitrogens with one attached hydrogen (secondary N) is 1. The summed E-state index contributed by atoms with van der Waals surface area (Å²) in [6.45, 7) is 1.02. The monoisotopic (exact) mass is 561 g/mol. The lowest BCUT2D eigenvalue weighted by Gasteiger charge is -2.39. The minimum absolute atomic E-state index is 0.0320. The Hall–Kier alpha value is -3.29. The molecule has 0 radical (unpaired) electrons. The van der Waals surface area contributed by atoms with Crippen LogP contribution in [0.2, 0.25) is 0 Å². The molecular weight excluding hydrogens is 530 g/mol. The van der Waals surface area contributed by atoms with E-state index in [-0.39, 0.29) is 23.0 Å². The van der Waals surface area contributed by atoms with Gasteiger partial charge in [0.25, 0.3) is 0 Å². The Morgan fingerprint density at radius 1 is 1.13 bits per heavy atom. The van der Waals surface area contributed by atoms with E-state index in [1.807, 2.05) is 30.5 Å². The first-order valence-electron chi connectivity index (χ1n) is 13.4. The maximum atomic E-state index is 13.4. The number of carbonyl (C=O) groups is 1. The summed E-state index contributed by atoms with van der Waals surface area (Å²) in [5.74, 6) is -0.287. The highest BCUT2D eigenvalue weighted by atomic mass is 32.2. The van der Waals surface area contributed by atoms with Crippen LogP contribution in [0.25, 0.3) is 21.0 Å². The van der Waals surface area contributed by atoms with Crippen molar-refractivity contribution in [3.05, 3.63) is 54.5 Å². The van der Waals surface area contributed by atoms with Crippen molar-refractivity contribution < 1.29 is 13.2 Å². The van der Waals surface area contributed by atoms with E-state index in [9.17, 15) is 18.5 Å². The molecule has 2 aromatic heterocycles. The van der Waals surface area contributed by atoms with Crippen molar-refractivity contribution in [2.45, 2.75) is 55.2 Å². The van der Waals surface area contributed by atoms with Crippen LogP contribution >= 0.6 is 11.3 Å². The molecule has 10 heteroatoms. The lowest BCUT2D eigenvalue weighted by molar-refractivity contribution is -0.127. The molecule has 2 aliphatic carbocycles. The second kappa shape index (κ2) is 10.0. The van der Waals surface area contributed by atoms with Gasteiger partial charge in [-0.1, -0.05) is 25.0 Å². The molecule has 39 heavy (non-hydrogen) atoms. The van der Waals surface area contributed by atoms with E-state index in [2.05, 4.69) is 33.4 Å². The van der Waals surface area contributed by atoms with Gasteiger partial charge in [0.2, 0.25) is 5.91 Å². The molecular formula is C29H31N5O3S2. The minimum atomic E-state index is -3.03. The first-order chi connectivity index (χ1) is 18.8. The summed E-state index contributed by atoms with van der Waals surface area (Å²) in [5.41, 5.74) is 3.22. The molecule has 202 valence electrons. The molecule has 1 N–H and O–H groups in total. The Bertz CT molecular complexity index is 1520. The Balaban J connectivity index is 1.32. The second-order valence-corrected chi connectivity index (χ2v) is 14.4. The van der Waals surface area contributed by atoms with Crippen molar-refractivity contribution in [2.75, 3.05) is 24.2 Å². The van der Waals surface area contributed by atoms with Crippen LogP contribution in [0.15, 0.2) is 48.8 Å². The molecule has 6 rings (SSSR count). The molecule has 3 fully saturated rings. The van der Waals surface area contributed by atoms with Crippen molar-refractivity contribution in [1.82, 2.24) is 15.3 Å². The summed E-state index contributed by atoms with van der Waals surface area (Å²) < 4.78 is 23.7. The summed E-state index contributed by atoms with van der Waals surface area (Å²) in [4.78, 5) is 26.0. The number of carbonyl (C=O) groups excluding carboxylic acids is 1. The Labute approximate surface area is 233 Å². The summed E-state index contributed by atoms with van der Waals surface area (Å²) >= 11 is 1.61. The average Bonchev–Trinajstić information content (AvgIpc) is 3.54. The molecule has 0 spiro atoms. The summed E-state index contributed by atoms with van der Waals surface area (Å²) in [6, 6.07) is 14.4.